The van der Waals surface area contributed by atoms with Gasteiger partial charge in [0.2, 0.25) is 5.91 Å². The maximum absolute atomic E-state index is 12.1. The molecule has 1 fully saturated rings. The third-order valence-electron chi connectivity index (χ3n) is 4.36. The number of aryl methyl sites for hydroxylation is 2. The third-order valence-corrected chi connectivity index (χ3v) is 4.36. The highest BCUT2D eigenvalue weighted by atomic mass is 16.5. The van der Waals surface area contributed by atoms with Gasteiger partial charge in [-0.1, -0.05) is 30.5 Å². The average Bonchev–Trinajstić information content (AvgIpc) is 3.00. The molecule has 1 N–H and O–H groups in total. The Hall–Kier alpha value is -2.37. The lowest BCUT2D eigenvalue weighted by Gasteiger charge is -2.22. The number of amides is 1. The quantitative estimate of drug-likeness (QED) is 0.871. The molecule has 0 spiro atoms. The Kier molecular flexibility index (Phi) is 5.68. The lowest BCUT2D eigenvalue weighted by molar-refractivity contribution is -0.121. The zero-order chi connectivity index (χ0) is 17.6. The number of nitrogens with zero attached hydrogens (tertiary/aromatic N) is 2. The number of ether oxygens (including phenoxy) is 1. The first kappa shape index (κ1) is 17.5. The number of carbonyl (C=O) groups excluding carboxylic acids is 1. The molecule has 1 heterocycles. The minimum absolute atomic E-state index is 0.0468. The normalized spacial score (nSPS) is 15.1. The maximum atomic E-state index is 12.1. The van der Waals surface area contributed by atoms with Gasteiger partial charge < -0.3 is 14.6 Å². The molecule has 1 aromatic carbocycles. The van der Waals surface area contributed by atoms with Crippen LogP contribution in [0.5, 0.6) is 5.75 Å². The van der Waals surface area contributed by atoms with Gasteiger partial charge in [0.05, 0.1) is 6.42 Å². The van der Waals surface area contributed by atoms with Gasteiger partial charge in [-0.25, -0.2) is 0 Å². The molecule has 1 amide bonds. The van der Waals surface area contributed by atoms with Crippen molar-refractivity contribution in [2.24, 2.45) is 0 Å². The Labute approximate surface area is 148 Å². The van der Waals surface area contributed by atoms with E-state index in [0.29, 0.717) is 17.8 Å². The summed E-state index contributed by atoms with van der Waals surface area (Å²) in [4.78, 5) is 16.3. The SMILES string of the molecule is Cc1cc(C)cc(OCc2nc(CC(=O)NC3CCCCC3)no2)c1. The summed E-state index contributed by atoms with van der Waals surface area (Å²) in [5.41, 5.74) is 2.28. The molecule has 1 aliphatic rings. The summed E-state index contributed by atoms with van der Waals surface area (Å²) >= 11 is 0. The number of aromatic nitrogens is 2. The number of carbonyl (C=O) groups is 1. The van der Waals surface area contributed by atoms with Gasteiger partial charge in [-0.2, -0.15) is 4.98 Å². The summed E-state index contributed by atoms with van der Waals surface area (Å²) in [6.07, 6.45) is 5.91. The smallest absolute Gasteiger partial charge is 0.264 e. The predicted molar refractivity (Wildman–Crippen MR) is 93.3 cm³/mol. The molecule has 6 nitrogen and oxygen atoms in total. The summed E-state index contributed by atoms with van der Waals surface area (Å²) in [7, 11) is 0. The van der Waals surface area contributed by atoms with Gasteiger partial charge in [-0.05, 0) is 49.9 Å². The van der Waals surface area contributed by atoms with E-state index in [1.807, 2.05) is 26.0 Å². The summed E-state index contributed by atoms with van der Waals surface area (Å²) in [6.45, 7) is 4.24. The summed E-state index contributed by atoms with van der Waals surface area (Å²) < 4.78 is 10.9. The molecule has 1 aromatic heterocycles. The minimum Gasteiger partial charge on any atom is -0.484 e. The van der Waals surface area contributed by atoms with E-state index >= 15 is 0 Å². The molecule has 2 aromatic rings. The zero-order valence-corrected chi connectivity index (χ0v) is 14.9. The van der Waals surface area contributed by atoms with Crippen molar-refractivity contribution in [1.82, 2.24) is 15.5 Å². The molecule has 1 aliphatic carbocycles. The van der Waals surface area contributed by atoms with Crippen molar-refractivity contribution >= 4 is 5.91 Å². The second-order valence-electron chi connectivity index (χ2n) is 6.80. The van der Waals surface area contributed by atoms with Crippen LogP contribution in [0.2, 0.25) is 0 Å². The maximum Gasteiger partial charge on any atom is 0.264 e. The number of nitrogens with one attached hydrogen (secondary N) is 1. The van der Waals surface area contributed by atoms with Crippen LogP contribution in [0.15, 0.2) is 22.7 Å². The fraction of sp³-hybridized carbons (Fsp3) is 0.526. The van der Waals surface area contributed by atoms with Crippen molar-refractivity contribution in [2.45, 2.75) is 65.0 Å². The van der Waals surface area contributed by atoms with Crippen molar-refractivity contribution in [3.05, 3.63) is 41.0 Å². The first-order chi connectivity index (χ1) is 12.1. The standard InChI is InChI=1S/C19H25N3O3/c1-13-8-14(2)10-16(9-13)24-12-19-21-17(22-25-19)11-18(23)20-15-6-4-3-5-7-15/h8-10,15H,3-7,11-12H2,1-2H3,(H,20,23). The third kappa shape index (κ3) is 5.31. The fourth-order valence-electron chi connectivity index (χ4n) is 3.25. The van der Waals surface area contributed by atoms with Crippen molar-refractivity contribution < 1.29 is 14.1 Å². The molecule has 134 valence electrons. The highest BCUT2D eigenvalue weighted by Gasteiger charge is 2.17. The van der Waals surface area contributed by atoms with Crippen molar-refractivity contribution in [3.8, 4) is 5.75 Å². The van der Waals surface area contributed by atoms with Gasteiger partial charge in [0.1, 0.15) is 5.75 Å². The Morgan fingerprint density at radius 3 is 2.64 bits per heavy atom. The van der Waals surface area contributed by atoms with Gasteiger partial charge in [-0.15, -0.1) is 0 Å². The topological polar surface area (TPSA) is 77.2 Å². The van der Waals surface area contributed by atoms with Crippen LogP contribution in [0.25, 0.3) is 0 Å². The molecular weight excluding hydrogens is 318 g/mol. The van der Waals surface area contributed by atoms with Crippen LogP contribution in [-0.2, 0) is 17.8 Å². The molecule has 0 saturated heterocycles. The second-order valence-corrected chi connectivity index (χ2v) is 6.80. The number of hydrogen-bond acceptors (Lipinski definition) is 5. The van der Waals surface area contributed by atoms with E-state index in [4.69, 9.17) is 9.26 Å². The van der Waals surface area contributed by atoms with Crippen LogP contribution in [0.4, 0.5) is 0 Å². The van der Waals surface area contributed by atoms with Crippen LogP contribution in [0.3, 0.4) is 0 Å². The fourth-order valence-corrected chi connectivity index (χ4v) is 3.25. The van der Waals surface area contributed by atoms with E-state index in [0.717, 1.165) is 29.7 Å². The first-order valence-electron chi connectivity index (χ1n) is 8.90. The average molecular weight is 343 g/mol. The summed E-state index contributed by atoms with van der Waals surface area (Å²) in [5, 5.41) is 6.92. The van der Waals surface area contributed by atoms with E-state index < -0.39 is 0 Å². The number of benzene rings is 1. The largest absolute Gasteiger partial charge is 0.484 e. The predicted octanol–water partition coefficient (Wildman–Crippen LogP) is 3.26. The first-order valence-corrected chi connectivity index (χ1v) is 8.90. The van der Waals surface area contributed by atoms with E-state index in [1.165, 1.54) is 19.3 Å². The lowest BCUT2D eigenvalue weighted by Crippen LogP contribution is -2.37. The highest BCUT2D eigenvalue weighted by molar-refractivity contribution is 5.78. The van der Waals surface area contributed by atoms with Gasteiger partial charge in [0.25, 0.3) is 5.89 Å². The van der Waals surface area contributed by atoms with E-state index in [1.54, 1.807) is 0 Å². The van der Waals surface area contributed by atoms with Gasteiger partial charge in [0.15, 0.2) is 12.4 Å². The van der Waals surface area contributed by atoms with Crippen molar-refractivity contribution in [2.75, 3.05) is 0 Å². The molecule has 3 rings (SSSR count). The minimum atomic E-state index is -0.0468. The Morgan fingerprint density at radius 1 is 1.20 bits per heavy atom. The van der Waals surface area contributed by atoms with Crippen molar-refractivity contribution in [1.29, 1.82) is 0 Å². The molecule has 0 unspecified atom stereocenters. The number of rotatable bonds is 6. The van der Waals surface area contributed by atoms with Gasteiger partial charge in [0, 0.05) is 6.04 Å². The molecule has 0 atom stereocenters. The molecule has 0 radical (unpaired) electrons. The zero-order valence-electron chi connectivity index (χ0n) is 14.9. The van der Waals surface area contributed by atoms with E-state index in [2.05, 4.69) is 21.5 Å². The van der Waals surface area contributed by atoms with Crippen LogP contribution in [-0.4, -0.2) is 22.1 Å². The van der Waals surface area contributed by atoms with Gasteiger partial charge in [-0.3, -0.25) is 4.79 Å². The highest BCUT2D eigenvalue weighted by Crippen LogP contribution is 2.18. The summed E-state index contributed by atoms with van der Waals surface area (Å²) in [6, 6.07) is 6.30. The number of hydrogen-bond donors (Lipinski definition) is 1. The van der Waals surface area contributed by atoms with Crippen LogP contribution in [0, 0.1) is 13.8 Å². The molecular formula is C19H25N3O3. The molecule has 25 heavy (non-hydrogen) atoms. The summed E-state index contributed by atoms with van der Waals surface area (Å²) in [5.74, 6) is 1.49. The van der Waals surface area contributed by atoms with Gasteiger partial charge >= 0.3 is 0 Å². The monoisotopic (exact) mass is 343 g/mol. The van der Waals surface area contributed by atoms with E-state index in [-0.39, 0.29) is 18.9 Å². The van der Waals surface area contributed by atoms with E-state index in [9.17, 15) is 4.79 Å². The van der Waals surface area contributed by atoms with Crippen LogP contribution >= 0.6 is 0 Å². The molecule has 1 saturated carbocycles. The van der Waals surface area contributed by atoms with Crippen LogP contribution < -0.4 is 10.1 Å². The van der Waals surface area contributed by atoms with Crippen molar-refractivity contribution in [3.63, 3.8) is 0 Å². The Balaban J connectivity index is 1.49. The Morgan fingerprint density at radius 2 is 1.92 bits per heavy atom. The molecule has 0 aliphatic heterocycles. The lowest BCUT2D eigenvalue weighted by atomic mass is 9.95. The second kappa shape index (κ2) is 8.14. The van der Waals surface area contributed by atoms with Crippen LogP contribution in [0.1, 0.15) is 54.9 Å². The molecule has 0 bridgehead atoms. The Bertz CT molecular complexity index is 700. The molecule has 6 heteroatoms.